The number of aliphatic hydroxyl groups is 2. The number of alkyl halides is 2. The van der Waals surface area contributed by atoms with Gasteiger partial charge in [0.25, 0.3) is 12.0 Å². The van der Waals surface area contributed by atoms with Gasteiger partial charge in [-0.15, -0.1) is 0 Å². The van der Waals surface area contributed by atoms with Gasteiger partial charge in [0.2, 0.25) is 0 Å². The topological polar surface area (TPSA) is 168 Å². The third-order valence-electron chi connectivity index (χ3n) is 6.03. The summed E-state index contributed by atoms with van der Waals surface area (Å²) in [5.41, 5.74) is -5.19. The summed E-state index contributed by atoms with van der Waals surface area (Å²) in [4.78, 5) is 25.7. The average Bonchev–Trinajstić information content (AvgIpc) is 3.21. The van der Waals surface area contributed by atoms with E-state index in [0.29, 0.717) is 16.1 Å². The van der Waals surface area contributed by atoms with E-state index < -0.39 is 61.2 Å². The van der Waals surface area contributed by atoms with Gasteiger partial charge in [0.05, 0.1) is 20.8 Å². The van der Waals surface area contributed by atoms with Crippen LogP contribution in [-0.2, 0) is 13.8 Å². The van der Waals surface area contributed by atoms with E-state index in [1.807, 2.05) is 4.98 Å². The molecule has 1 aliphatic heterocycles. The molecule has 222 valence electrons. The van der Waals surface area contributed by atoms with Gasteiger partial charge in [0, 0.05) is 6.20 Å². The normalized spacial score (nSPS) is 22.5. The van der Waals surface area contributed by atoms with E-state index in [-0.39, 0.29) is 11.5 Å². The largest absolute Gasteiger partial charge is 0.587 e. The van der Waals surface area contributed by atoms with Crippen LogP contribution in [0.2, 0.25) is 5.02 Å². The zero-order valence-electron chi connectivity index (χ0n) is 21.3. The van der Waals surface area contributed by atoms with Crippen LogP contribution in [0.25, 0.3) is 0 Å². The van der Waals surface area contributed by atoms with Gasteiger partial charge in [0.1, 0.15) is 40.2 Å². The van der Waals surface area contributed by atoms with Crippen LogP contribution in [0.1, 0.15) is 6.23 Å². The summed E-state index contributed by atoms with van der Waals surface area (Å²) in [6, 6.07) is 11.3. The zero-order chi connectivity index (χ0) is 29.9. The highest BCUT2D eigenvalue weighted by molar-refractivity contribution is 7.49. The summed E-state index contributed by atoms with van der Waals surface area (Å²) < 4.78 is 74.9. The minimum absolute atomic E-state index is 0.0611. The first-order chi connectivity index (χ1) is 19.4. The van der Waals surface area contributed by atoms with Crippen molar-refractivity contribution in [2.75, 3.05) is 20.8 Å². The van der Waals surface area contributed by atoms with E-state index in [2.05, 4.69) is 0 Å². The number of nitrogens with one attached hydrogen (secondary N) is 1. The van der Waals surface area contributed by atoms with E-state index in [9.17, 15) is 33.1 Å². The molecule has 0 radical (unpaired) electrons. The van der Waals surface area contributed by atoms with Crippen LogP contribution in [0.15, 0.2) is 64.3 Å². The van der Waals surface area contributed by atoms with E-state index in [4.69, 9.17) is 39.4 Å². The summed E-state index contributed by atoms with van der Waals surface area (Å²) >= 11 is 5.73. The number of halogens is 3. The van der Waals surface area contributed by atoms with Gasteiger partial charge >= 0.3 is 13.5 Å². The van der Waals surface area contributed by atoms with Gasteiger partial charge in [-0.25, -0.2) is 18.1 Å². The predicted octanol–water partition coefficient (Wildman–Crippen LogP) is 2.74. The summed E-state index contributed by atoms with van der Waals surface area (Å²) in [7, 11) is -1.99. The van der Waals surface area contributed by atoms with Crippen molar-refractivity contribution in [2.45, 2.75) is 30.5 Å². The molecule has 1 saturated heterocycles. The maximum absolute atomic E-state index is 14.5. The lowest BCUT2D eigenvalue weighted by Crippen LogP contribution is -2.52. The summed E-state index contributed by atoms with van der Waals surface area (Å²) in [6.07, 6.45) is -9.30. The molecular weight excluding hydrogens is 597 g/mol. The molecule has 0 spiro atoms. The van der Waals surface area contributed by atoms with Gasteiger partial charge in [-0.1, -0.05) is 11.6 Å². The second kappa shape index (κ2) is 12.2. The Hall–Kier alpha value is -3.46. The van der Waals surface area contributed by atoms with Crippen molar-refractivity contribution in [3.63, 3.8) is 0 Å². The van der Waals surface area contributed by atoms with Crippen molar-refractivity contribution < 1.29 is 51.3 Å². The molecular formula is C24H24ClF2N2O11P. The third-order valence-corrected chi connectivity index (χ3v) is 7.61. The molecule has 2 aromatic carbocycles. The van der Waals surface area contributed by atoms with Gasteiger partial charge in [-0.05, 0) is 48.5 Å². The van der Waals surface area contributed by atoms with Gasteiger partial charge in [0.15, 0.2) is 11.8 Å². The lowest BCUT2D eigenvalue weighted by molar-refractivity contribution is -0.193. The summed E-state index contributed by atoms with van der Waals surface area (Å²) in [5.74, 6) is 0.741. The Bertz CT molecular complexity index is 1470. The zero-order valence-corrected chi connectivity index (χ0v) is 23.0. The molecule has 3 aromatic rings. The van der Waals surface area contributed by atoms with Crippen molar-refractivity contribution in [1.29, 1.82) is 0 Å². The standard InChI is InChI=1S/C24H24ClF2N2O11P/c1-35-13-3-7-15(8-4-13)39-41(34,40-16-9-5-14(36-2)6-10-16)37-12-24(22(26)27)19(31)18(30)21(38-24)29-11-17(25)20(32)28-23(29)33/h3-11,18-19,21-22,30-31H,12H2,1-2H3,(H,28,32,33)/t18-,19-,21-,24-/m1/s1. The minimum atomic E-state index is -4.83. The number of methoxy groups -OCH3 is 2. The second-order valence-electron chi connectivity index (χ2n) is 8.60. The number of ether oxygens (including phenoxy) is 3. The van der Waals surface area contributed by atoms with Crippen LogP contribution in [0, 0.1) is 0 Å². The first-order valence-corrected chi connectivity index (χ1v) is 13.5. The molecule has 1 aromatic heterocycles. The fourth-order valence-corrected chi connectivity index (χ4v) is 5.24. The number of benzene rings is 2. The highest BCUT2D eigenvalue weighted by Crippen LogP contribution is 2.52. The Labute approximate surface area is 235 Å². The number of phosphoric acid groups is 1. The van der Waals surface area contributed by atoms with Gasteiger partial charge in [-0.2, -0.15) is 0 Å². The Morgan fingerprint density at radius 3 is 1.95 bits per heavy atom. The van der Waals surface area contributed by atoms with Crippen LogP contribution < -0.4 is 29.8 Å². The molecule has 2 heterocycles. The summed E-state index contributed by atoms with van der Waals surface area (Å²) in [6.45, 7) is -1.35. The Balaban J connectivity index is 1.65. The molecule has 13 nitrogen and oxygen atoms in total. The third kappa shape index (κ3) is 6.40. The summed E-state index contributed by atoms with van der Waals surface area (Å²) in [5, 5.41) is 20.7. The van der Waals surface area contributed by atoms with Crippen LogP contribution in [-0.4, -0.2) is 64.8 Å². The lowest BCUT2D eigenvalue weighted by atomic mass is 9.96. The number of rotatable bonds is 11. The number of aliphatic hydroxyl groups excluding tert-OH is 2. The molecule has 17 heteroatoms. The van der Waals surface area contributed by atoms with Crippen LogP contribution in [0.4, 0.5) is 8.78 Å². The molecule has 4 rings (SSSR count). The number of nitrogens with zero attached hydrogens (tertiary/aromatic N) is 1. The molecule has 0 amide bonds. The van der Waals surface area contributed by atoms with Crippen molar-refractivity contribution in [2.24, 2.45) is 0 Å². The molecule has 4 atom stereocenters. The number of hydrogen-bond donors (Lipinski definition) is 3. The number of aromatic amines is 1. The molecule has 1 fully saturated rings. The number of H-pyrrole nitrogens is 1. The van der Waals surface area contributed by atoms with Crippen molar-refractivity contribution in [3.8, 4) is 23.0 Å². The second-order valence-corrected chi connectivity index (χ2v) is 10.5. The van der Waals surface area contributed by atoms with Crippen molar-refractivity contribution in [1.82, 2.24) is 9.55 Å². The molecule has 0 saturated carbocycles. The molecule has 1 aliphatic rings. The molecule has 0 unspecified atom stereocenters. The highest BCUT2D eigenvalue weighted by Gasteiger charge is 2.62. The maximum Gasteiger partial charge on any atom is 0.587 e. The number of hydrogen-bond acceptors (Lipinski definition) is 11. The fourth-order valence-electron chi connectivity index (χ4n) is 3.83. The SMILES string of the molecule is COc1ccc(OP(=O)(OC[C@@]2(C(F)F)O[C@@H](n3cc(Cl)c(=O)[nH]c3=O)[C@H](O)[C@H]2O)Oc2ccc(OC)cc2)cc1. The quantitative estimate of drug-likeness (QED) is 0.270. The lowest BCUT2D eigenvalue weighted by Gasteiger charge is -2.31. The molecule has 0 bridgehead atoms. The molecule has 0 aliphatic carbocycles. The van der Waals surface area contributed by atoms with E-state index in [0.717, 1.165) is 6.20 Å². The molecule has 3 N–H and O–H groups in total. The first-order valence-electron chi connectivity index (χ1n) is 11.7. The van der Waals surface area contributed by atoms with E-state index in [1.165, 1.54) is 62.8 Å². The Morgan fingerprint density at radius 2 is 1.49 bits per heavy atom. The fraction of sp³-hybridized carbons (Fsp3) is 0.333. The Kier molecular flexibility index (Phi) is 9.07. The van der Waals surface area contributed by atoms with Crippen LogP contribution >= 0.6 is 19.4 Å². The van der Waals surface area contributed by atoms with Crippen molar-refractivity contribution >= 4 is 19.4 Å². The average molecular weight is 621 g/mol. The van der Waals surface area contributed by atoms with Crippen LogP contribution in [0.3, 0.4) is 0 Å². The van der Waals surface area contributed by atoms with Crippen LogP contribution in [0.5, 0.6) is 23.0 Å². The van der Waals surface area contributed by atoms with E-state index in [1.54, 1.807) is 0 Å². The first kappa shape index (κ1) is 30.5. The Morgan fingerprint density at radius 1 is 1.00 bits per heavy atom. The predicted molar refractivity (Wildman–Crippen MR) is 138 cm³/mol. The van der Waals surface area contributed by atoms with Crippen molar-refractivity contribution in [3.05, 3.63) is 80.6 Å². The number of aromatic nitrogens is 2. The van der Waals surface area contributed by atoms with E-state index >= 15 is 0 Å². The number of phosphoric ester groups is 1. The smallest absolute Gasteiger partial charge is 0.497 e. The van der Waals surface area contributed by atoms with Gasteiger partial charge < -0.3 is 33.5 Å². The maximum atomic E-state index is 14.5. The monoisotopic (exact) mass is 620 g/mol. The molecule has 41 heavy (non-hydrogen) atoms. The highest BCUT2D eigenvalue weighted by atomic mass is 35.5. The van der Waals surface area contributed by atoms with Gasteiger partial charge in [-0.3, -0.25) is 18.9 Å². The minimum Gasteiger partial charge on any atom is -0.497 e.